The fourth-order valence-electron chi connectivity index (χ4n) is 1.59. The average molecular weight is 213 g/mol. The maximum atomic E-state index is 3.77. The Morgan fingerprint density at radius 2 is 1.62 bits per heavy atom. The second-order valence-corrected chi connectivity index (χ2v) is 3.57. The molecule has 1 nitrogen and oxygen atoms in total. The first-order valence-corrected chi connectivity index (χ1v) is 5.51. The third kappa shape index (κ3) is 3.43. The molecular formula is C15H19N. The molecule has 84 valence electrons. The van der Waals surface area contributed by atoms with Crippen LogP contribution in [0.15, 0.2) is 55.7 Å². The van der Waals surface area contributed by atoms with Crippen LogP contribution in [-0.4, -0.2) is 13.1 Å². The molecule has 0 aromatic heterocycles. The highest BCUT2D eigenvalue weighted by molar-refractivity contribution is 5.56. The lowest BCUT2D eigenvalue weighted by Gasteiger charge is -2.21. The molecule has 0 N–H and O–H groups in total. The molecule has 1 heteroatoms. The molecule has 0 amide bonds. The summed E-state index contributed by atoms with van der Waals surface area (Å²) < 4.78 is 0. The Kier molecular flexibility index (Phi) is 5.13. The number of anilines is 1. The summed E-state index contributed by atoms with van der Waals surface area (Å²) in [7, 11) is 0. The van der Waals surface area contributed by atoms with E-state index in [0.29, 0.717) is 0 Å². The lowest BCUT2D eigenvalue weighted by Crippen LogP contribution is -2.22. The summed E-state index contributed by atoms with van der Waals surface area (Å²) in [5.74, 6) is 0. The average Bonchev–Trinajstić information content (AvgIpc) is 2.30. The van der Waals surface area contributed by atoms with Crippen molar-refractivity contribution in [2.24, 2.45) is 0 Å². The molecule has 0 saturated carbocycles. The maximum absolute atomic E-state index is 3.77. The molecule has 0 bridgehead atoms. The van der Waals surface area contributed by atoms with Crippen LogP contribution in [-0.2, 0) is 0 Å². The van der Waals surface area contributed by atoms with E-state index in [0.717, 1.165) is 13.1 Å². The number of hydrogen-bond acceptors (Lipinski definition) is 1. The van der Waals surface area contributed by atoms with E-state index in [1.807, 2.05) is 25.2 Å². The van der Waals surface area contributed by atoms with Gasteiger partial charge in [-0.3, -0.25) is 0 Å². The van der Waals surface area contributed by atoms with E-state index in [4.69, 9.17) is 0 Å². The zero-order chi connectivity index (χ0) is 11.8. The molecule has 0 radical (unpaired) electrons. The highest BCUT2D eigenvalue weighted by Gasteiger charge is 2.01. The van der Waals surface area contributed by atoms with Crippen LogP contribution in [0, 0.1) is 0 Å². The van der Waals surface area contributed by atoms with E-state index in [1.165, 1.54) is 11.3 Å². The molecule has 0 spiro atoms. The van der Waals surface area contributed by atoms with Crippen LogP contribution >= 0.6 is 0 Å². The van der Waals surface area contributed by atoms with Gasteiger partial charge in [0.25, 0.3) is 0 Å². The van der Waals surface area contributed by atoms with E-state index in [9.17, 15) is 0 Å². The van der Waals surface area contributed by atoms with Crippen LogP contribution in [0.1, 0.15) is 12.5 Å². The van der Waals surface area contributed by atoms with Gasteiger partial charge in [-0.2, -0.15) is 0 Å². The Morgan fingerprint density at radius 1 is 1.06 bits per heavy atom. The molecule has 0 fully saturated rings. The largest absolute Gasteiger partial charge is 0.364 e. The molecule has 0 heterocycles. The van der Waals surface area contributed by atoms with Crippen molar-refractivity contribution in [1.82, 2.24) is 0 Å². The van der Waals surface area contributed by atoms with Gasteiger partial charge in [0.15, 0.2) is 0 Å². The number of hydrogen-bond donors (Lipinski definition) is 0. The van der Waals surface area contributed by atoms with Gasteiger partial charge in [-0.25, -0.2) is 0 Å². The Hall–Kier alpha value is -1.76. The Bertz CT molecular complexity index is 350. The number of benzene rings is 1. The van der Waals surface area contributed by atoms with Gasteiger partial charge in [0.05, 0.1) is 0 Å². The zero-order valence-corrected chi connectivity index (χ0v) is 9.89. The second-order valence-electron chi connectivity index (χ2n) is 3.57. The number of rotatable bonds is 6. The lowest BCUT2D eigenvalue weighted by atomic mass is 10.2. The Balaban J connectivity index is 2.83. The molecule has 0 saturated heterocycles. The third-order valence-electron chi connectivity index (χ3n) is 2.32. The minimum absolute atomic E-state index is 0.842. The third-order valence-corrected chi connectivity index (χ3v) is 2.32. The molecule has 0 atom stereocenters. The van der Waals surface area contributed by atoms with Crippen LogP contribution in [0.5, 0.6) is 0 Å². The SMILES string of the molecule is C=CCN(CC=C)c1ccc(C=CC)cc1. The molecule has 1 aromatic rings. The fraction of sp³-hybridized carbons (Fsp3) is 0.200. The first-order valence-electron chi connectivity index (χ1n) is 5.51. The highest BCUT2D eigenvalue weighted by atomic mass is 15.1. The number of allylic oxidation sites excluding steroid dienone is 1. The molecule has 1 rings (SSSR count). The zero-order valence-electron chi connectivity index (χ0n) is 9.89. The first kappa shape index (κ1) is 12.3. The van der Waals surface area contributed by atoms with Crippen molar-refractivity contribution in [3.8, 4) is 0 Å². The molecule has 1 aromatic carbocycles. The van der Waals surface area contributed by atoms with E-state index in [-0.39, 0.29) is 0 Å². The minimum atomic E-state index is 0.842. The normalized spacial score (nSPS) is 10.3. The molecule has 16 heavy (non-hydrogen) atoms. The van der Waals surface area contributed by atoms with Gasteiger partial charge < -0.3 is 4.90 Å². The summed E-state index contributed by atoms with van der Waals surface area (Å²) >= 11 is 0. The quantitative estimate of drug-likeness (QED) is 0.648. The molecule has 0 aliphatic heterocycles. The van der Waals surface area contributed by atoms with Crippen LogP contribution < -0.4 is 4.90 Å². The molecule has 0 aliphatic rings. The standard InChI is InChI=1S/C15H19N/c1-4-7-14-8-10-15(11-9-14)16(12-5-2)13-6-3/h4-11H,2-3,12-13H2,1H3. The summed E-state index contributed by atoms with van der Waals surface area (Å²) in [6.07, 6.45) is 7.95. The summed E-state index contributed by atoms with van der Waals surface area (Å²) in [6.45, 7) is 11.2. The lowest BCUT2D eigenvalue weighted by molar-refractivity contribution is 0.957. The maximum Gasteiger partial charge on any atom is 0.0372 e. The van der Waals surface area contributed by atoms with Gasteiger partial charge in [0.2, 0.25) is 0 Å². The van der Waals surface area contributed by atoms with Crippen LogP contribution in [0.3, 0.4) is 0 Å². The topological polar surface area (TPSA) is 3.24 Å². The molecule has 0 aliphatic carbocycles. The van der Waals surface area contributed by atoms with Gasteiger partial charge in [0, 0.05) is 18.8 Å². The predicted molar refractivity (Wildman–Crippen MR) is 73.8 cm³/mol. The number of nitrogens with zero attached hydrogens (tertiary/aromatic N) is 1. The van der Waals surface area contributed by atoms with Crippen molar-refractivity contribution in [2.45, 2.75) is 6.92 Å². The van der Waals surface area contributed by atoms with Gasteiger partial charge in [-0.15, -0.1) is 13.2 Å². The van der Waals surface area contributed by atoms with Crippen LogP contribution in [0.2, 0.25) is 0 Å². The molecular weight excluding hydrogens is 194 g/mol. The monoisotopic (exact) mass is 213 g/mol. The predicted octanol–water partition coefficient (Wildman–Crippen LogP) is 3.90. The van der Waals surface area contributed by atoms with Gasteiger partial charge >= 0.3 is 0 Å². The van der Waals surface area contributed by atoms with Crippen molar-refractivity contribution < 1.29 is 0 Å². The highest BCUT2D eigenvalue weighted by Crippen LogP contribution is 2.16. The summed E-state index contributed by atoms with van der Waals surface area (Å²) in [5.41, 5.74) is 2.43. The van der Waals surface area contributed by atoms with Gasteiger partial charge in [-0.1, -0.05) is 36.4 Å². The van der Waals surface area contributed by atoms with Crippen molar-refractivity contribution >= 4 is 11.8 Å². The van der Waals surface area contributed by atoms with E-state index < -0.39 is 0 Å². The van der Waals surface area contributed by atoms with Crippen molar-refractivity contribution in [2.75, 3.05) is 18.0 Å². The Morgan fingerprint density at radius 3 is 2.06 bits per heavy atom. The van der Waals surface area contributed by atoms with E-state index in [2.05, 4.69) is 48.4 Å². The summed E-state index contributed by atoms with van der Waals surface area (Å²) in [6, 6.07) is 8.49. The molecule has 0 unspecified atom stereocenters. The van der Waals surface area contributed by atoms with E-state index >= 15 is 0 Å². The van der Waals surface area contributed by atoms with Crippen LogP contribution in [0.25, 0.3) is 6.08 Å². The van der Waals surface area contributed by atoms with E-state index in [1.54, 1.807) is 0 Å². The second kappa shape index (κ2) is 6.67. The first-order chi connectivity index (χ1) is 7.81. The van der Waals surface area contributed by atoms with Crippen molar-refractivity contribution in [1.29, 1.82) is 0 Å². The minimum Gasteiger partial charge on any atom is -0.364 e. The van der Waals surface area contributed by atoms with Crippen molar-refractivity contribution in [3.05, 3.63) is 61.2 Å². The smallest absolute Gasteiger partial charge is 0.0372 e. The van der Waals surface area contributed by atoms with Gasteiger partial charge in [0.1, 0.15) is 0 Å². The van der Waals surface area contributed by atoms with Crippen molar-refractivity contribution in [3.63, 3.8) is 0 Å². The summed E-state index contributed by atoms with van der Waals surface area (Å²) in [5, 5.41) is 0. The fourth-order valence-corrected chi connectivity index (χ4v) is 1.59. The van der Waals surface area contributed by atoms with Crippen LogP contribution in [0.4, 0.5) is 5.69 Å². The summed E-state index contributed by atoms with van der Waals surface area (Å²) in [4.78, 5) is 2.22. The Labute approximate surface area is 98.4 Å². The van der Waals surface area contributed by atoms with Gasteiger partial charge in [-0.05, 0) is 24.6 Å².